The quantitative estimate of drug-likeness (QED) is 0.683. The fraction of sp³-hybridized carbons (Fsp3) is 0.440. The third-order valence-corrected chi connectivity index (χ3v) is 6.21. The molecule has 0 aromatic heterocycles. The minimum absolute atomic E-state index is 0.147. The minimum Gasteiger partial charge on any atom is -0.491 e. The molecule has 1 fully saturated rings. The van der Waals surface area contributed by atoms with Crippen molar-refractivity contribution in [2.24, 2.45) is 0 Å². The van der Waals surface area contributed by atoms with Crippen LogP contribution in [0.1, 0.15) is 35.2 Å². The predicted octanol–water partition coefficient (Wildman–Crippen LogP) is 3.30. The maximum Gasteiger partial charge on any atom is 0.256 e. The van der Waals surface area contributed by atoms with Crippen molar-refractivity contribution in [3.63, 3.8) is 0 Å². The van der Waals surface area contributed by atoms with E-state index in [0.717, 1.165) is 30.6 Å². The first-order valence-electron chi connectivity index (χ1n) is 11.1. The summed E-state index contributed by atoms with van der Waals surface area (Å²) in [6, 6.07) is 13.6. The lowest BCUT2D eigenvalue weighted by atomic mass is 9.91. The number of amides is 2. The number of para-hydroxylation sites is 1. The zero-order valence-corrected chi connectivity index (χ0v) is 18.4. The van der Waals surface area contributed by atoms with Crippen molar-refractivity contribution in [3.05, 3.63) is 65.5 Å². The summed E-state index contributed by atoms with van der Waals surface area (Å²) in [5.74, 6) is -0.0250. The summed E-state index contributed by atoms with van der Waals surface area (Å²) in [5.41, 5.74) is 0.332. The molecule has 0 bridgehead atoms. The van der Waals surface area contributed by atoms with Crippen molar-refractivity contribution >= 4 is 11.8 Å². The van der Waals surface area contributed by atoms with Gasteiger partial charge in [0.15, 0.2) is 5.60 Å². The van der Waals surface area contributed by atoms with Gasteiger partial charge in [0.1, 0.15) is 18.2 Å². The smallest absolute Gasteiger partial charge is 0.256 e. The highest BCUT2D eigenvalue weighted by Gasteiger charge is 2.46. The lowest BCUT2D eigenvalue weighted by molar-refractivity contribution is -0.169. The molecule has 0 radical (unpaired) electrons. The Balaban J connectivity index is 1.54. The number of carbonyl (C=O) groups excluding carboxylic acids is 2. The molecule has 2 aromatic rings. The summed E-state index contributed by atoms with van der Waals surface area (Å²) in [7, 11) is 1.74. The number of benzene rings is 2. The first-order valence-corrected chi connectivity index (χ1v) is 11.1. The Morgan fingerprint density at radius 1 is 1.06 bits per heavy atom. The number of nitrogens with zero attached hydrogens (tertiary/aromatic N) is 2. The van der Waals surface area contributed by atoms with Gasteiger partial charge in [-0.1, -0.05) is 24.3 Å². The van der Waals surface area contributed by atoms with Crippen molar-refractivity contribution in [1.82, 2.24) is 9.80 Å². The highest BCUT2D eigenvalue weighted by atomic mass is 19.1. The fourth-order valence-electron chi connectivity index (χ4n) is 4.47. The molecule has 1 unspecified atom stereocenters. The van der Waals surface area contributed by atoms with E-state index in [1.165, 1.54) is 18.2 Å². The van der Waals surface area contributed by atoms with Crippen LogP contribution in [0.4, 0.5) is 4.39 Å². The van der Waals surface area contributed by atoms with E-state index >= 15 is 0 Å². The zero-order chi connectivity index (χ0) is 22.6. The molecule has 2 amide bonds. The van der Waals surface area contributed by atoms with E-state index < -0.39 is 11.4 Å². The second-order valence-electron chi connectivity index (χ2n) is 8.47. The van der Waals surface area contributed by atoms with Crippen LogP contribution in [0.2, 0.25) is 0 Å². The number of carbonyl (C=O) groups is 2. The number of morpholine rings is 1. The van der Waals surface area contributed by atoms with Crippen molar-refractivity contribution in [1.29, 1.82) is 0 Å². The second-order valence-corrected chi connectivity index (χ2v) is 8.47. The van der Waals surface area contributed by atoms with Gasteiger partial charge in [0.25, 0.3) is 11.8 Å². The minimum atomic E-state index is -1.10. The van der Waals surface area contributed by atoms with E-state index in [1.54, 1.807) is 22.9 Å². The maximum absolute atomic E-state index is 13.6. The topological polar surface area (TPSA) is 59.1 Å². The molecule has 7 heteroatoms. The monoisotopic (exact) mass is 440 g/mol. The predicted molar refractivity (Wildman–Crippen MR) is 118 cm³/mol. The summed E-state index contributed by atoms with van der Waals surface area (Å²) >= 11 is 0. The summed E-state index contributed by atoms with van der Waals surface area (Å²) in [6.07, 6.45) is 3.02. The molecule has 1 saturated heterocycles. The van der Waals surface area contributed by atoms with Crippen LogP contribution in [0.25, 0.3) is 0 Å². The lowest BCUT2D eigenvalue weighted by Crippen LogP contribution is -2.61. The van der Waals surface area contributed by atoms with Crippen LogP contribution in [-0.2, 0) is 16.0 Å². The lowest BCUT2D eigenvalue weighted by Gasteiger charge is -2.43. The fourth-order valence-corrected chi connectivity index (χ4v) is 4.47. The standard InChI is InChI=1S/C25H29FN2O4/c1-27-13-15-31-22-11-3-2-7-19(22)8-4-5-12-25(24(27)30)18-28(14-16-32-25)23(29)20-9-6-10-21(26)17-20/h2-3,6-7,9-11,17H,4-5,8,12-16,18H2,1H3. The van der Waals surface area contributed by atoms with Crippen LogP contribution in [0.3, 0.4) is 0 Å². The molecule has 2 aliphatic rings. The highest BCUT2D eigenvalue weighted by Crippen LogP contribution is 2.30. The molecule has 6 nitrogen and oxygen atoms in total. The van der Waals surface area contributed by atoms with Gasteiger partial charge in [-0.2, -0.15) is 0 Å². The molecule has 32 heavy (non-hydrogen) atoms. The molecule has 2 aliphatic heterocycles. The Bertz CT molecular complexity index is 982. The Morgan fingerprint density at radius 3 is 2.75 bits per heavy atom. The SMILES string of the molecule is CN1CCOc2ccccc2CCCCC2(CN(C(=O)c3cccc(F)c3)CCO2)C1=O. The van der Waals surface area contributed by atoms with Crippen LogP contribution in [0, 0.1) is 5.82 Å². The Hall–Kier alpha value is -2.93. The number of hydrogen-bond donors (Lipinski definition) is 0. The van der Waals surface area contributed by atoms with Crippen molar-refractivity contribution in [3.8, 4) is 5.75 Å². The highest BCUT2D eigenvalue weighted by molar-refractivity contribution is 5.95. The Labute approximate surface area is 187 Å². The number of halogens is 1. The second kappa shape index (κ2) is 9.69. The van der Waals surface area contributed by atoms with E-state index in [-0.39, 0.29) is 30.5 Å². The van der Waals surface area contributed by atoms with E-state index in [2.05, 4.69) is 6.07 Å². The van der Waals surface area contributed by atoms with Crippen molar-refractivity contribution < 1.29 is 23.5 Å². The molecule has 1 spiro atoms. The molecule has 0 N–H and O–H groups in total. The van der Waals surface area contributed by atoms with Gasteiger partial charge in [-0.25, -0.2) is 4.39 Å². The third kappa shape index (κ3) is 4.78. The first kappa shape index (κ1) is 22.3. The first-order chi connectivity index (χ1) is 15.5. The van der Waals surface area contributed by atoms with Crippen LogP contribution in [0.15, 0.2) is 48.5 Å². The summed E-state index contributed by atoms with van der Waals surface area (Å²) in [5, 5.41) is 0. The van der Waals surface area contributed by atoms with Gasteiger partial charge in [0.2, 0.25) is 0 Å². The average molecular weight is 441 g/mol. The normalized spacial score (nSPS) is 22.5. The van der Waals surface area contributed by atoms with Gasteiger partial charge in [-0.3, -0.25) is 9.59 Å². The molecule has 0 saturated carbocycles. The van der Waals surface area contributed by atoms with E-state index in [9.17, 15) is 14.0 Å². The molecular formula is C25H29FN2O4. The number of hydrogen-bond acceptors (Lipinski definition) is 4. The van der Waals surface area contributed by atoms with Gasteiger partial charge in [-0.15, -0.1) is 0 Å². The molecule has 2 heterocycles. The van der Waals surface area contributed by atoms with Crippen LogP contribution in [0.5, 0.6) is 5.75 Å². The van der Waals surface area contributed by atoms with E-state index in [4.69, 9.17) is 9.47 Å². The molecule has 2 aromatic carbocycles. The van der Waals surface area contributed by atoms with E-state index in [1.807, 2.05) is 18.2 Å². The van der Waals surface area contributed by atoms with Gasteiger partial charge < -0.3 is 19.3 Å². The Morgan fingerprint density at radius 2 is 1.91 bits per heavy atom. The van der Waals surface area contributed by atoms with Gasteiger partial charge in [-0.05, 0) is 55.5 Å². The van der Waals surface area contributed by atoms with Crippen molar-refractivity contribution in [2.75, 3.05) is 39.9 Å². The largest absolute Gasteiger partial charge is 0.491 e. The molecule has 0 aliphatic carbocycles. The van der Waals surface area contributed by atoms with Crippen LogP contribution in [-0.4, -0.2) is 67.1 Å². The number of likely N-dealkylation sites (N-methyl/N-ethyl adjacent to an activating group) is 1. The number of rotatable bonds is 1. The van der Waals surface area contributed by atoms with Crippen LogP contribution >= 0.6 is 0 Å². The number of ether oxygens (including phenoxy) is 2. The van der Waals surface area contributed by atoms with E-state index in [0.29, 0.717) is 26.1 Å². The molecule has 4 rings (SSSR count). The van der Waals surface area contributed by atoms with Crippen LogP contribution < -0.4 is 4.74 Å². The number of fused-ring (bicyclic) bond motifs is 1. The van der Waals surface area contributed by atoms with Gasteiger partial charge in [0, 0.05) is 19.2 Å². The molecular weight excluding hydrogens is 411 g/mol. The van der Waals surface area contributed by atoms with Gasteiger partial charge >= 0.3 is 0 Å². The summed E-state index contributed by atoms with van der Waals surface area (Å²) in [4.78, 5) is 29.8. The summed E-state index contributed by atoms with van der Waals surface area (Å²) in [6.45, 7) is 1.57. The number of aryl methyl sites for hydroxylation is 1. The summed E-state index contributed by atoms with van der Waals surface area (Å²) < 4.78 is 25.7. The molecule has 1 atom stereocenters. The van der Waals surface area contributed by atoms with Gasteiger partial charge in [0.05, 0.1) is 19.7 Å². The Kier molecular flexibility index (Phi) is 6.74. The average Bonchev–Trinajstić information content (AvgIpc) is 2.81. The molecule has 170 valence electrons. The van der Waals surface area contributed by atoms with Crippen molar-refractivity contribution in [2.45, 2.75) is 31.3 Å². The zero-order valence-electron chi connectivity index (χ0n) is 18.4. The third-order valence-electron chi connectivity index (χ3n) is 6.21. The maximum atomic E-state index is 13.6.